The second-order valence-corrected chi connectivity index (χ2v) is 8.06. The van der Waals surface area contributed by atoms with Gasteiger partial charge in [-0.2, -0.15) is 5.10 Å². The molecule has 3 rings (SSSR count). The topological polar surface area (TPSA) is 62.6 Å². The van der Waals surface area contributed by atoms with Gasteiger partial charge in [0.25, 0.3) is 0 Å². The molecule has 146 valence electrons. The summed E-state index contributed by atoms with van der Waals surface area (Å²) in [7, 11) is 7.76. The van der Waals surface area contributed by atoms with E-state index in [-0.39, 0.29) is 11.6 Å². The van der Waals surface area contributed by atoms with Gasteiger partial charge in [-0.05, 0) is 51.6 Å². The van der Waals surface area contributed by atoms with E-state index >= 15 is 0 Å². The van der Waals surface area contributed by atoms with Crippen LogP contribution in [-0.2, 0) is 11.8 Å². The third-order valence-corrected chi connectivity index (χ3v) is 6.19. The minimum Gasteiger partial charge on any atom is -0.376 e. The summed E-state index contributed by atoms with van der Waals surface area (Å²) in [6, 6.07) is 0.302. The van der Waals surface area contributed by atoms with Gasteiger partial charge >= 0.3 is 6.03 Å². The van der Waals surface area contributed by atoms with E-state index in [2.05, 4.69) is 28.6 Å². The first-order valence-corrected chi connectivity index (χ1v) is 9.67. The predicted molar refractivity (Wildman–Crippen MR) is 101 cm³/mol. The maximum Gasteiger partial charge on any atom is 0.317 e. The second kappa shape index (κ2) is 7.96. The number of piperidine rings is 1. The highest BCUT2D eigenvalue weighted by atomic mass is 16.5. The Morgan fingerprint density at radius 1 is 1.42 bits per heavy atom. The number of methoxy groups -OCH3 is 1. The number of urea groups is 1. The van der Waals surface area contributed by atoms with Crippen LogP contribution in [0.5, 0.6) is 0 Å². The van der Waals surface area contributed by atoms with Gasteiger partial charge in [-0.15, -0.1) is 0 Å². The van der Waals surface area contributed by atoms with Gasteiger partial charge in [0.15, 0.2) is 0 Å². The normalized spacial score (nSPS) is 25.5. The standard InChI is InChI=1S/C19H33N5O2/c1-22-10-5-7-15(17(22)16-11-21-24(3)13-16)12-23(2)18(25)20-14-19(26-4)8-6-9-19/h11,13,15,17H,5-10,12,14H2,1-4H3,(H,20,25)/t15-,17+/m0/s1. The summed E-state index contributed by atoms with van der Waals surface area (Å²) >= 11 is 0. The van der Waals surface area contributed by atoms with Gasteiger partial charge in [0.05, 0.1) is 11.8 Å². The van der Waals surface area contributed by atoms with E-state index in [9.17, 15) is 4.79 Å². The van der Waals surface area contributed by atoms with Crippen molar-refractivity contribution in [2.75, 3.05) is 40.8 Å². The highest BCUT2D eigenvalue weighted by Crippen LogP contribution is 2.36. The fourth-order valence-electron chi connectivity index (χ4n) is 4.40. The van der Waals surface area contributed by atoms with Crippen LogP contribution in [0.2, 0.25) is 0 Å². The van der Waals surface area contributed by atoms with Crippen molar-refractivity contribution in [1.29, 1.82) is 0 Å². The molecule has 1 aliphatic heterocycles. The first-order chi connectivity index (χ1) is 12.4. The number of aromatic nitrogens is 2. The van der Waals surface area contributed by atoms with E-state index in [1.54, 1.807) is 7.11 Å². The number of aryl methyl sites for hydroxylation is 1. The number of carbonyl (C=O) groups is 1. The Balaban J connectivity index is 1.59. The lowest BCUT2D eigenvalue weighted by molar-refractivity contribution is -0.0678. The highest BCUT2D eigenvalue weighted by Gasteiger charge is 2.38. The molecule has 0 aromatic carbocycles. The van der Waals surface area contributed by atoms with Crippen molar-refractivity contribution in [1.82, 2.24) is 24.9 Å². The van der Waals surface area contributed by atoms with E-state index in [1.165, 1.54) is 18.4 Å². The molecular weight excluding hydrogens is 330 g/mol. The maximum absolute atomic E-state index is 12.6. The monoisotopic (exact) mass is 363 g/mol. The number of amides is 2. The van der Waals surface area contributed by atoms with Crippen LogP contribution in [0.25, 0.3) is 0 Å². The molecule has 1 saturated carbocycles. The molecule has 1 aromatic heterocycles. The first kappa shape index (κ1) is 19.2. The Kier molecular flexibility index (Phi) is 5.87. The van der Waals surface area contributed by atoms with Crippen LogP contribution >= 0.6 is 0 Å². The lowest BCUT2D eigenvalue weighted by atomic mass is 9.80. The maximum atomic E-state index is 12.6. The lowest BCUT2D eigenvalue weighted by Gasteiger charge is -2.42. The molecule has 2 fully saturated rings. The molecule has 1 N–H and O–H groups in total. The van der Waals surface area contributed by atoms with Crippen LogP contribution in [0, 0.1) is 5.92 Å². The molecule has 1 saturated heterocycles. The van der Waals surface area contributed by atoms with Gasteiger partial charge in [0.2, 0.25) is 0 Å². The molecule has 0 radical (unpaired) electrons. The third kappa shape index (κ3) is 4.04. The summed E-state index contributed by atoms with van der Waals surface area (Å²) < 4.78 is 7.45. The van der Waals surface area contributed by atoms with E-state index in [0.717, 1.165) is 32.4 Å². The van der Waals surface area contributed by atoms with Crippen molar-refractivity contribution in [2.45, 2.75) is 43.7 Å². The van der Waals surface area contributed by atoms with Crippen LogP contribution in [0.3, 0.4) is 0 Å². The number of ether oxygens (including phenoxy) is 1. The zero-order valence-corrected chi connectivity index (χ0v) is 16.6. The van der Waals surface area contributed by atoms with Crippen LogP contribution in [0.1, 0.15) is 43.7 Å². The highest BCUT2D eigenvalue weighted by molar-refractivity contribution is 5.74. The summed E-state index contributed by atoms with van der Waals surface area (Å²) in [6.07, 6.45) is 9.59. The molecule has 2 aliphatic rings. The van der Waals surface area contributed by atoms with Gasteiger partial charge in [-0.3, -0.25) is 9.58 Å². The van der Waals surface area contributed by atoms with Gasteiger partial charge in [0, 0.05) is 52.1 Å². The van der Waals surface area contributed by atoms with Crippen LogP contribution < -0.4 is 5.32 Å². The van der Waals surface area contributed by atoms with Crippen molar-refractivity contribution < 1.29 is 9.53 Å². The molecule has 0 unspecified atom stereocenters. The van der Waals surface area contributed by atoms with Gasteiger partial charge in [-0.1, -0.05) is 0 Å². The lowest BCUT2D eigenvalue weighted by Crippen LogP contribution is -2.52. The minimum absolute atomic E-state index is 0.00788. The summed E-state index contributed by atoms with van der Waals surface area (Å²) in [6.45, 7) is 2.43. The van der Waals surface area contributed by atoms with Crippen molar-refractivity contribution >= 4 is 6.03 Å². The molecule has 1 aliphatic carbocycles. The van der Waals surface area contributed by atoms with E-state index in [0.29, 0.717) is 18.5 Å². The van der Waals surface area contributed by atoms with Gasteiger partial charge < -0.3 is 15.0 Å². The smallest absolute Gasteiger partial charge is 0.317 e. The fraction of sp³-hybridized carbons (Fsp3) is 0.789. The van der Waals surface area contributed by atoms with Crippen LogP contribution in [0.4, 0.5) is 4.79 Å². The van der Waals surface area contributed by atoms with E-state index in [4.69, 9.17) is 4.74 Å². The predicted octanol–water partition coefficient (Wildman–Crippen LogP) is 2.01. The minimum atomic E-state index is -0.139. The molecule has 7 nitrogen and oxygen atoms in total. The van der Waals surface area contributed by atoms with E-state index in [1.807, 2.05) is 29.9 Å². The number of hydrogen-bond donors (Lipinski definition) is 1. The summed E-state index contributed by atoms with van der Waals surface area (Å²) in [4.78, 5) is 16.8. The quantitative estimate of drug-likeness (QED) is 0.840. The van der Waals surface area contributed by atoms with Crippen molar-refractivity contribution in [3.63, 3.8) is 0 Å². The van der Waals surface area contributed by atoms with Gasteiger partial charge in [0.1, 0.15) is 0 Å². The van der Waals surface area contributed by atoms with Crippen LogP contribution in [-0.4, -0.2) is 72.1 Å². The first-order valence-electron chi connectivity index (χ1n) is 9.67. The summed E-state index contributed by atoms with van der Waals surface area (Å²) in [5.41, 5.74) is 1.10. The molecule has 0 bridgehead atoms. The Labute approximate surface area is 156 Å². The largest absolute Gasteiger partial charge is 0.376 e. The summed E-state index contributed by atoms with van der Waals surface area (Å²) in [5, 5.41) is 7.41. The average Bonchev–Trinajstić information content (AvgIpc) is 3.00. The number of rotatable bonds is 6. The molecule has 2 atom stereocenters. The molecule has 7 heteroatoms. The second-order valence-electron chi connectivity index (χ2n) is 8.06. The number of nitrogens with zero attached hydrogens (tertiary/aromatic N) is 4. The number of carbonyl (C=O) groups excluding carboxylic acids is 1. The Bertz CT molecular complexity index is 607. The Morgan fingerprint density at radius 2 is 2.19 bits per heavy atom. The fourth-order valence-corrected chi connectivity index (χ4v) is 4.40. The summed E-state index contributed by atoms with van der Waals surface area (Å²) in [5.74, 6) is 0.411. The van der Waals surface area contributed by atoms with E-state index < -0.39 is 0 Å². The van der Waals surface area contributed by atoms with Crippen molar-refractivity contribution in [3.05, 3.63) is 18.0 Å². The third-order valence-electron chi connectivity index (χ3n) is 6.19. The average molecular weight is 364 g/mol. The van der Waals surface area contributed by atoms with Crippen molar-refractivity contribution in [2.24, 2.45) is 13.0 Å². The molecule has 1 aromatic rings. The zero-order valence-electron chi connectivity index (χ0n) is 16.6. The van der Waals surface area contributed by atoms with Crippen molar-refractivity contribution in [3.8, 4) is 0 Å². The number of nitrogens with one attached hydrogen (secondary N) is 1. The number of hydrogen-bond acceptors (Lipinski definition) is 4. The van der Waals surface area contributed by atoms with Crippen LogP contribution in [0.15, 0.2) is 12.4 Å². The molecule has 26 heavy (non-hydrogen) atoms. The molecule has 2 amide bonds. The van der Waals surface area contributed by atoms with Gasteiger partial charge in [-0.25, -0.2) is 4.79 Å². The molecule has 2 heterocycles. The molecule has 0 spiro atoms. The number of likely N-dealkylation sites (tertiary alicyclic amines) is 1. The SMILES string of the molecule is COC1(CNC(=O)N(C)C[C@@H]2CCCN(C)[C@H]2c2cnn(C)c2)CCC1. The zero-order chi connectivity index (χ0) is 18.7. The Morgan fingerprint density at radius 3 is 2.77 bits per heavy atom. The Hall–Kier alpha value is -1.60. The molecular formula is C19H33N5O2.